The molecule has 2 fully saturated rings. The van der Waals surface area contributed by atoms with Gasteiger partial charge >= 0.3 is 0 Å². The number of benzene rings is 1. The lowest BCUT2D eigenvalue weighted by Gasteiger charge is -2.40. The van der Waals surface area contributed by atoms with Crippen LogP contribution in [0.15, 0.2) is 29.2 Å². The van der Waals surface area contributed by atoms with E-state index in [4.69, 9.17) is 0 Å². The fourth-order valence-corrected chi connectivity index (χ4v) is 5.88. The normalized spacial score (nSPS) is 30.0. The number of nitrogens with zero attached hydrogens (tertiary/aromatic N) is 1. The molecule has 7 heteroatoms. The van der Waals surface area contributed by atoms with E-state index in [9.17, 15) is 18.3 Å². The second-order valence-corrected chi connectivity index (χ2v) is 9.08. The summed E-state index contributed by atoms with van der Waals surface area (Å²) in [7, 11) is -2.16. The second kappa shape index (κ2) is 6.70. The van der Waals surface area contributed by atoms with Crippen LogP contribution in [-0.4, -0.2) is 49.5 Å². The minimum absolute atomic E-state index is 0.0110. The van der Waals surface area contributed by atoms with E-state index >= 15 is 0 Å². The second-order valence-electron chi connectivity index (χ2n) is 7.14. The predicted molar refractivity (Wildman–Crippen MR) is 94.7 cm³/mol. The molecule has 1 aromatic carbocycles. The van der Waals surface area contributed by atoms with Gasteiger partial charge in [0.15, 0.2) is 0 Å². The zero-order chi connectivity index (χ0) is 18.2. The van der Waals surface area contributed by atoms with Gasteiger partial charge in [0, 0.05) is 31.6 Å². The number of nitrogens with one attached hydrogen (secondary N) is 1. The van der Waals surface area contributed by atoms with Gasteiger partial charge in [-0.3, -0.25) is 4.79 Å². The lowest BCUT2D eigenvalue weighted by Crippen LogP contribution is -2.44. The van der Waals surface area contributed by atoms with E-state index in [0.717, 1.165) is 19.3 Å². The molecule has 1 amide bonds. The van der Waals surface area contributed by atoms with Crippen molar-refractivity contribution >= 4 is 15.9 Å². The van der Waals surface area contributed by atoms with Crippen molar-refractivity contribution in [3.8, 4) is 0 Å². The maximum absolute atomic E-state index is 13.1. The first-order valence-corrected chi connectivity index (χ1v) is 10.3. The molecule has 1 aromatic rings. The van der Waals surface area contributed by atoms with Gasteiger partial charge in [0.05, 0.1) is 10.5 Å². The van der Waals surface area contributed by atoms with Crippen molar-refractivity contribution in [2.45, 2.75) is 43.1 Å². The van der Waals surface area contributed by atoms with Gasteiger partial charge in [-0.25, -0.2) is 8.42 Å². The third kappa shape index (κ3) is 3.20. The molecule has 6 nitrogen and oxygen atoms in total. The summed E-state index contributed by atoms with van der Waals surface area (Å²) in [5, 5.41) is 13.4. The van der Waals surface area contributed by atoms with E-state index in [1.807, 2.05) is 6.92 Å². The zero-order valence-electron chi connectivity index (χ0n) is 14.7. The molecule has 0 unspecified atom stereocenters. The Balaban J connectivity index is 1.88. The summed E-state index contributed by atoms with van der Waals surface area (Å²) in [5.41, 5.74) is -0.442. The number of amides is 1. The molecular formula is C18H26N2O4S. The molecule has 0 aromatic heterocycles. The number of carbonyl (C=O) groups excluding carboxylic acids is 1. The highest BCUT2D eigenvalue weighted by Crippen LogP contribution is 2.45. The van der Waals surface area contributed by atoms with Crippen LogP contribution in [0, 0.1) is 11.8 Å². The molecule has 1 saturated heterocycles. The maximum atomic E-state index is 13.1. The van der Waals surface area contributed by atoms with Crippen LogP contribution in [0.5, 0.6) is 0 Å². The van der Waals surface area contributed by atoms with Gasteiger partial charge < -0.3 is 10.4 Å². The van der Waals surface area contributed by atoms with Crippen molar-refractivity contribution in [3.63, 3.8) is 0 Å². The van der Waals surface area contributed by atoms with Crippen molar-refractivity contribution in [3.05, 3.63) is 29.8 Å². The van der Waals surface area contributed by atoms with Gasteiger partial charge in [-0.2, -0.15) is 4.31 Å². The van der Waals surface area contributed by atoms with Crippen LogP contribution in [0.3, 0.4) is 0 Å². The Morgan fingerprint density at radius 2 is 2.16 bits per heavy atom. The number of aliphatic hydroxyl groups is 1. The molecule has 3 rings (SSSR count). The van der Waals surface area contributed by atoms with Crippen molar-refractivity contribution in [2.24, 2.45) is 11.8 Å². The minimum Gasteiger partial charge on any atom is -0.390 e. The summed E-state index contributed by atoms with van der Waals surface area (Å²) < 4.78 is 27.6. The predicted octanol–water partition coefficient (Wildman–Crippen LogP) is 1.61. The topological polar surface area (TPSA) is 86.7 Å². The smallest absolute Gasteiger partial charge is 0.251 e. The average Bonchev–Trinajstić information content (AvgIpc) is 3.08. The summed E-state index contributed by atoms with van der Waals surface area (Å²) in [6, 6.07) is 6.12. The molecule has 1 saturated carbocycles. The largest absolute Gasteiger partial charge is 0.390 e. The molecule has 3 atom stereocenters. The monoisotopic (exact) mass is 366 g/mol. The zero-order valence-corrected chi connectivity index (χ0v) is 15.6. The Hall–Kier alpha value is -1.44. The van der Waals surface area contributed by atoms with Gasteiger partial charge in [0.1, 0.15) is 0 Å². The Kier molecular flexibility index (Phi) is 4.92. The fourth-order valence-electron chi connectivity index (χ4n) is 4.32. The van der Waals surface area contributed by atoms with Gasteiger partial charge in [0.25, 0.3) is 5.91 Å². The van der Waals surface area contributed by atoms with Gasteiger partial charge in [0.2, 0.25) is 10.0 Å². The standard InChI is InChI=1S/C18H26N2O4S/c1-3-18(22)9-5-7-14-11-20(12-16(14)18)25(23,24)15-8-4-6-13(10-15)17(21)19-2/h4,6,8,10,14,16,22H,3,5,7,9,11-12H2,1-2H3,(H,19,21)/t14-,16+,18-/m1/s1. The Bertz CT molecular complexity index is 764. The lowest BCUT2D eigenvalue weighted by atomic mass is 9.69. The Morgan fingerprint density at radius 3 is 2.84 bits per heavy atom. The van der Waals surface area contributed by atoms with Gasteiger partial charge in [-0.05, 0) is 43.4 Å². The highest BCUT2D eigenvalue weighted by atomic mass is 32.2. The van der Waals surface area contributed by atoms with Gasteiger partial charge in [-0.1, -0.05) is 19.4 Å². The van der Waals surface area contributed by atoms with E-state index in [2.05, 4.69) is 5.32 Å². The van der Waals surface area contributed by atoms with Crippen molar-refractivity contribution in [1.82, 2.24) is 9.62 Å². The van der Waals surface area contributed by atoms with Gasteiger partial charge in [-0.15, -0.1) is 0 Å². The Labute approximate surface area is 149 Å². The first-order valence-electron chi connectivity index (χ1n) is 8.86. The molecule has 1 aliphatic carbocycles. The molecule has 1 heterocycles. The summed E-state index contributed by atoms with van der Waals surface area (Å²) in [4.78, 5) is 11.9. The van der Waals surface area contributed by atoms with E-state index < -0.39 is 15.6 Å². The maximum Gasteiger partial charge on any atom is 0.251 e. The third-order valence-corrected chi connectivity index (χ3v) is 7.68. The van der Waals surface area contributed by atoms with Crippen LogP contribution < -0.4 is 5.32 Å². The number of rotatable bonds is 4. The highest BCUT2D eigenvalue weighted by Gasteiger charge is 2.50. The number of hydrogen-bond acceptors (Lipinski definition) is 4. The fraction of sp³-hybridized carbons (Fsp3) is 0.611. The third-order valence-electron chi connectivity index (χ3n) is 5.86. The number of carbonyl (C=O) groups is 1. The van der Waals surface area contributed by atoms with Crippen molar-refractivity contribution < 1.29 is 18.3 Å². The van der Waals surface area contributed by atoms with Crippen LogP contribution in [-0.2, 0) is 10.0 Å². The summed E-state index contributed by atoms with van der Waals surface area (Å²) >= 11 is 0. The van der Waals surface area contributed by atoms with Crippen LogP contribution in [0.1, 0.15) is 43.0 Å². The molecular weight excluding hydrogens is 340 g/mol. The first kappa shape index (κ1) is 18.4. The highest BCUT2D eigenvalue weighted by molar-refractivity contribution is 7.89. The van der Waals surface area contributed by atoms with E-state index in [0.29, 0.717) is 25.1 Å². The van der Waals surface area contributed by atoms with Crippen molar-refractivity contribution in [2.75, 3.05) is 20.1 Å². The molecule has 0 radical (unpaired) electrons. The molecule has 0 bridgehead atoms. The molecule has 0 spiro atoms. The molecule has 25 heavy (non-hydrogen) atoms. The quantitative estimate of drug-likeness (QED) is 0.848. The SMILES string of the molecule is CC[C@@]1(O)CCC[C@@H]2CN(S(=O)(=O)c3cccc(C(=O)NC)c3)C[C@@H]21. The summed E-state index contributed by atoms with van der Waals surface area (Å²) in [6.07, 6.45) is 3.28. The van der Waals surface area contributed by atoms with Crippen LogP contribution in [0.25, 0.3) is 0 Å². The number of hydrogen-bond donors (Lipinski definition) is 2. The Morgan fingerprint density at radius 1 is 1.40 bits per heavy atom. The molecule has 2 N–H and O–H groups in total. The van der Waals surface area contributed by atoms with E-state index in [1.54, 1.807) is 12.1 Å². The van der Waals surface area contributed by atoms with Crippen LogP contribution in [0.2, 0.25) is 0 Å². The molecule has 2 aliphatic rings. The lowest BCUT2D eigenvalue weighted by molar-refractivity contribution is -0.0605. The average molecular weight is 366 g/mol. The first-order chi connectivity index (χ1) is 11.8. The van der Waals surface area contributed by atoms with E-state index in [-0.39, 0.29) is 22.6 Å². The number of fused-ring (bicyclic) bond motifs is 1. The van der Waals surface area contributed by atoms with Crippen molar-refractivity contribution in [1.29, 1.82) is 0 Å². The van der Waals surface area contributed by atoms with E-state index in [1.165, 1.54) is 23.5 Å². The summed E-state index contributed by atoms with van der Waals surface area (Å²) in [6.45, 7) is 2.76. The molecule has 1 aliphatic heterocycles. The van der Waals surface area contributed by atoms with Crippen LogP contribution in [0.4, 0.5) is 0 Å². The molecule has 138 valence electrons. The number of sulfonamides is 1. The minimum atomic E-state index is -3.68. The van der Waals surface area contributed by atoms with Crippen LogP contribution >= 0.6 is 0 Å². The summed E-state index contributed by atoms with van der Waals surface area (Å²) in [5.74, 6) is -0.119.